The Balaban J connectivity index is 1.81. The molecule has 2 heterocycles. The van der Waals surface area contributed by atoms with Crippen LogP contribution in [0.25, 0.3) is 0 Å². The fraction of sp³-hybridized carbons (Fsp3) is 0.412. The predicted molar refractivity (Wildman–Crippen MR) is 98.2 cm³/mol. The summed E-state index contributed by atoms with van der Waals surface area (Å²) in [5, 5.41) is 0. The highest BCUT2D eigenvalue weighted by Crippen LogP contribution is 2.26. The fourth-order valence-corrected chi connectivity index (χ4v) is 4.13. The average molecular weight is 379 g/mol. The summed E-state index contributed by atoms with van der Waals surface area (Å²) in [5.41, 5.74) is 0.690. The minimum absolute atomic E-state index is 0.0910. The Morgan fingerprint density at radius 3 is 2.77 bits per heavy atom. The molecule has 1 aromatic carbocycles. The second-order valence-corrected chi connectivity index (χ2v) is 8.17. The first kappa shape index (κ1) is 18.5. The molecule has 1 N–H and O–H groups in total. The largest absolute Gasteiger partial charge is 0.370 e. The Kier molecular flexibility index (Phi) is 5.38. The summed E-state index contributed by atoms with van der Waals surface area (Å²) in [6.45, 7) is 1.62. The SMILES string of the molecule is CN(C)C1CCCN(c2ccc(S(=O)(=O)Nc3ccncn3)c(F)c2)C1. The molecule has 2 aromatic rings. The first-order valence-corrected chi connectivity index (χ1v) is 9.85. The van der Waals surface area contributed by atoms with Crippen LogP contribution in [-0.2, 0) is 10.0 Å². The number of aromatic nitrogens is 2. The lowest BCUT2D eigenvalue weighted by atomic mass is 10.0. The molecule has 1 unspecified atom stereocenters. The van der Waals surface area contributed by atoms with E-state index in [1.165, 1.54) is 30.7 Å². The van der Waals surface area contributed by atoms with Crippen LogP contribution >= 0.6 is 0 Å². The van der Waals surface area contributed by atoms with E-state index in [9.17, 15) is 12.8 Å². The molecular weight excluding hydrogens is 357 g/mol. The van der Waals surface area contributed by atoms with Crippen molar-refractivity contribution in [2.45, 2.75) is 23.8 Å². The molecule has 1 aliphatic heterocycles. The van der Waals surface area contributed by atoms with Gasteiger partial charge in [-0.05, 0) is 51.2 Å². The monoisotopic (exact) mass is 379 g/mol. The molecule has 9 heteroatoms. The molecule has 3 rings (SSSR count). The summed E-state index contributed by atoms with van der Waals surface area (Å²) >= 11 is 0. The van der Waals surface area contributed by atoms with Crippen molar-refractivity contribution in [3.63, 3.8) is 0 Å². The van der Waals surface area contributed by atoms with Crippen molar-refractivity contribution in [1.82, 2.24) is 14.9 Å². The minimum atomic E-state index is -4.06. The molecule has 1 aliphatic rings. The number of halogens is 1. The maximum absolute atomic E-state index is 14.6. The van der Waals surface area contributed by atoms with Crippen molar-refractivity contribution in [2.75, 3.05) is 36.8 Å². The Morgan fingerprint density at radius 1 is 1.31 bits per heavy atom. The highest BCUT2D eigenvalue weighted by atomic mass is 32.2. The summed E-state index contributed by atoms with van der Waals surface area (Å²) in [7, 11) is 0.00424. The van der Waals surface area contributed by atoms with Crippen molar-refractivity contribution in [3.05, 3.63) is 42.6 Å². The molecule has 1 fully saturated rings. The van der Waals surface area contributed by atoms with Crippen LogP contribution in [0, 0.1) is 5.82 Å². The molecule has 0 amide bonds. The zero-order valence-corrected chi connectivity index (χ0v) is 15.6. The van der Waals surface area contributed by atoms with Crippen LogP contribution in [-0.4, -0.2) is 56.5 Å². The molecule has 0 bridgehead atoms. The number of sulfonamides is 1. The third kappa shape index (κ3) is 4.10. The number of anilines is 2. The van der Waals surface area contributed by atoms with E-state index in [2.05, 4.69) is 24.5 Å². The van der Waals surface area contributed by atoms with E-state index in [0.29, 0.717) is 11.7 Å². The Bertz CT molecular complexity index is 861. The first-order chi connectivity index (χ1) is 12.4. The maximum Gasteiger partial charge on any atom is 0.265 e. The Labute approximate surface area is 152 Å². The molecule has 0 saturated carbocycles. The van der Waals surface area contributed by atoms with E-state index in [4.69, 9.17) is 0 Å². The normalized spacial score (nSPS) is 18.2. The molecule has 1 aromatic heterocycles. The number of piperidine rings is 1. The van der Waals surface area contributed by atoms with Gasteiger partial charge in [-0.3, -0.25) is 4.72 Å². The number of nitrogens with one attached hydrogen (secondary N) is 1. The lowest BCUT2D eigenvalue weighted by molar-refractivity contribution is 0.258. The smallest absolute Gasteiger partial charge is 0.265 e. The van der Waals surface area contributed by atoms with E-state index in [1.807, 2.05) is 14.1 Å². The van der Waals surface area contributed by atoms with Crippen LogP contribution in [0.1, 0.15) is 12.8 Å². The van der Waals surface area contributed by atoms with Crippen LogP contribution in [0.5, 0.6) is 0 Å². The van der Waals surface area contributed by atoms with Gasteiger partial charge in [0.2, 0.25) is 0 Å². The van der Waals surface area contributed by atoms with Crippen molar-refractivity contribution >= 4 is 21.5 Å². The highest BCUT2D eigenvalue weighted by Gasteiger charge is 2.24. The molecule has 0 spiro atoms. The first-order valence-electron chi connectivity index (χ1n) is 8.36. The van der Waals surface area contributed by atoms with Crippen molar-refractivity contribution < 1.29 is 12.8 Å². The zero-order chi connectivity index (χ0) is 18.7. The summed E-state index contributed by atoms with van der Waals surface area (Å²) in [6, 6.07) is 6.03. The average Bonchev–Trinajstić information content (AvgIpc) is 2.62. The Hall–Kier alpha value is -2.26. The number of likely N-dealkylation sites (N-methyl/N-ethyl adjacent to an activating group) is 1. The molecule has 1 atom stereocenters. The molecule has 140 valence electrons. The molecule has 0 radical (unpaired) electrons. The molecule has 7 nitrogen and oxygen atoms in total. The lowest BCUT2D eigenvalue weighted by Crippen LogP contribution is -2.45. The topological polar surface area (TPSA) is 78.4 Å². The number of rotatable bonds is 5. The molecule has 0 aliphatic carbocycles. The van der Waals surface area contributed by atoms with Gasteiger partial charge in [0.05, 0.1) is 0 Å². The van der Waals surface area contributed by atoms with Crippen molar-refractivity contribution in [3.8, 4) is 0 Å². The molecule has 1 saturated heterocycles. The molecular formula is C17H22FN5O2S. The van der Waals surface area contributed by atoms with Gasteiger partial charge < -0.3 is 9.80 Å². The fourth-order valence-electron chi connectivity index (χ4n) is 3.06. The molecule has 26 heavy (non-hydrogen) atoms. The standard InChI is InChI=1S/C17H22FN5O2S/c1-22(2)14-4-3-9-23(11-14)13-5-6-16(15(18)10-13)26(24,25)21-17-7-8-19-12-20-17/h5-8,10,12,14H,3-4,9,11H2,1-2H3,(H,19,20,21). The van der Waals surface area contributed by atoms with Crippen molar-refractivity contribution in [1.29, 1.82) is 0 Å². The van der Waals surface area contributed by atoms with Gasteiger partial charge in [-0.15, -0.1) is 0 Å². The summed E-state index contributed by atoms with van der Waals surface area (Å²) in [4.78, 5) is 11.4. The van der Waals surface area contributed by atoms with Gasteiger partial charge in [-0.25, -0.2) is 22.8 Å². The predicted octanol–water partition coefficient (Wildman–Crippen LogP) is 1.95. The van der Waals surface area contributed by atoms with E-state index >= 15 is 0 Å². The summed E-state index contributed by atoms with van der Waals surface area (Å²) < 4.78 is 41.7. The van der Waals surface area contributed by atoms with Crippen LogP contribution < -0.4 is 9.62 Å². The van der Waals surface area contributed by atoms with E-state index in [-0.39, 0.29) is 5.82 Å². The van der Waals surface area contributed by atoms with Crippen molar-refractivity contribution in [2.24, 2.45) is 0 Å². The highest BCUT2D eigenvalue weighted by molar-refractivity contribution is 7.92. The van der Waals surface area contributed by atoms with Crippen LogP contribution in [0.2, 0.25) is 0 Å². The number of hydrogen-bond acceptors (Lipinski definition) is 6. The van der Waals surface area contributed by atoms with Gasteiger partial charge in [0.15, 0.2) is 0 Å². The number of hydrogen-bond donors (Lipinski definition) is 1. The van der Waals surface area contributed by atoms with Gasteiger partial charge >= 0.3 is 0 Å². The second-order valence-electron chi connectivity index (χ2n) is 6.52. The second kappa shape index (κ2) is 7.55. The van der Waals surface area contributed by atoms with E-state index in [0.717, 1.165) is 25.9 Å². The third-order valence-corrected chi connectivity index (χ3v) is 5.91. The van der Waals surface area contributed by atoms with Crippen LogP contribution in [0.3, 0.4) is 0 Å². The Morgan fingerprint density at radius 2 is 2.12 bits per heavy atom. The van der Waals surface area contributed by atoms with Crippen LogP contribution in [0.4, 0.5) is 15.9 Å². The minimum Gasteiger partial charge on any atom is -0.370 e. The number of nitrogens with zero attached hydrogens (tertiary/aromatic N) is 4. The maximum atomic E-state index is 14.6. The summed E-state index contributed by atoms with van der Waals surface area (Å²) in [5.74, 6) is -0.690. The van der Waals surface area contributed by atoms with Gasteiger partial charge in [-0.1, -0.05) is 0 Å². The van der Waals surface area contributed by atoms with E-state index < -0.39 is 20.7 Å². The van der Waals surface area contributed by atoms with Gasteiger partial charge in [0.25, 0.3) is 10.0 Å². The third-order valence-electron chi connectivity index (χ3n) is 4.52. The van der Waals surface area contributed by atoms with E-state index in [1.54, 1.807) is 6.07 Å². The van der Waals surface area contributed by atoms with Gasteiger partial charge in [0.1, 0.15) is 22.9 Å². The van der Waals surface area contributed by atoms with Gasteiger partial charge in [0, 0.05) is 31.0 Å². The quantitative estimate of drug-likeness (QED) is 0.856. The van der Waals surface area contributed by atoms with Gasteiger partial charge in [-0.2, -0.15) is 0 Å². The zero-order valence-electron chi connectivity index (χ0n) is 14.8. The van der Waals surface area contributed by atoms with Crippen LogP contribution in [0.15, 0.2) is 41.7 Å². The lowest BCUT2D eigenvalue weighted by Gasteiger charge is -2.37. The number of benzene rings is 1. The summed E-state index contributed by atoms with van der Waals surface area (Å²) in [6.07, 6.45) is 4.73.